The van der Waals surface area contributed by atoms with Crippen LogP contribution in [0.5, 0.6) is 0 Å². The van der Waals surface area contributed by atoms with Gasteiger partial charge in [-0.1, -0.05) is 12.1 Å². The monoisotopic (exact) mass is 214 g/mol. The maximum absolute atomic E-state index is 7.86. The number of hydrazine groups is 2. The Labute approximate surface area is 91.4 Å². The van der Waals surface area contributed by atoms with Gasteiger partial charge in [-0.15, -0.1) is 5.12 Å². The summed E-state index contributed by atoms with van der Waals surface area (Å²) in [5.41, 5.74) is 8.23. The zero-order valence-corrected chi connectivity index (χ0v) is 8.65. The van der Waals surface area contributed by atoms with E-state index in [-0.39, 0.29) is 5.49 Å². The van der Waals surface area contributed by atoms with Crippen LogP contribution in [0.2, 0.25) is 0 Å². The molecule has 1 aliphatic heterocycles. The second-order valence-corrected chi connectivity index (χ2v) is 3.57. The Kier molecular flexibility index (Phi) is 1.78. The maximum atomic E-state index is 7.86. The molecule has 6 heteroatoms. The Morgan fingerprint density at radius 3 is 2.56 bits per heavy atom. The van der Waals surface area contributed by atoms with Crippen molar-refractivity contribution in [3.63, 3.8) is 0 Å². The number of rotatable bonds is 0. The molecule has 3 N–H and O–H groups in total. The highest BCUT2D eigenvalue weighted by Crippen LogP contribution is 2.21. The highest BCUT2D eigenvalue weighted by molar-refractivity contribution is 5.78. The molecule has 6 nitrogen and oxygen atoms in total. The molecule has 0 bridgehead atoms. The van der Waals surface area contributed by atoms with Crippen molar-refractivity contribution in [2.45, 2.75) is 0 Å². The summed E-state index contributed by atoms with van der Waals surface area (Å²) in [5.74, 6) is 0.626. The number of hydrogen-bond donors (Lipinski definition) is 3. The lowest BCUT2D eigenvalue weighted by atomic mass is 10.3. The molecule has 0 saturated heterocycles. The van der Waals surface area contributed by atoms with Gasteiger partial charge in [0.2, 0.25) is 0 Å². The fourth-order valence-corrected chi connectivity index (χ4v) is 1.66. The van der Waals surface area contributed by atoms with E-state index in [1.165, 1.54) is 0 Å². The average molecular weight is 214 g/mol. The Balaban J connectivity index is 2.41. The minimum absolute atomic E-state index is 0.181. The molecule has 1 aromatic carbocycles. The van der Waals surface area contributed by atoms with Crippen molar-refractivity contribution in [2.24, 2.45) is 0 Å². The fourth-order valence-electron chi connectivity index (χ4n) is 1.66. The number of anilines is 2. The number of aromatic nitrogens is 2. The van der Waals surface area contributed by atoms with Gasteiger partial charge in [-0.2, -0.15) is 0 Å². The maximum Gasteiger partial charge on any atom is 0.174 e. The number of fused-ring (bicyclic) bond motifs is 2. The molecule has 80 valence electrons. The molecule has 1 aliphatic rings. The molecule has 0 spiro atoms. The second kappa shape index (κ2) is 3.14. The van der Waals surface area contributed by atoms with Gasteiger partial charge in [0, 0.05) is 7.05 Å². The highest BCUT2D eigenvalue weighted by Gasteiger charge is 2.17. The van der Waals surface area contributed by atoms with E-state index in [1.54, 1.807) is 5.12 Å². The topological polar surface area (TPSA) is 76.9 Å². The summed E-state index contributed by atoms with van der Waals surface area (Å²) < 4.78 is 0. The first-order valence-electron chi connectivity index (χ1n) is 4.87. The van der Waals surface area contributed by atoms with Crippen molar-refractivity contribution < 1.29 is 0 Å². The number of nitrogens with zero attached hydrogens (tertiary/aromatic N) is 3. The van der Waals surface area contributed by atoms with Gasteiger partial charge in [-0.25, -0.2) is 9.97 Å². The quantitative estimate of drug-likeness (QED) is 0.602. The molecule has 0 aliphatic carbocycles. The van der Waals surface area contributed by atoms with Crippen molar-refractivity contribution in [1.29, 1.82) is 5.41 Å². The standard InChI is InChI=1S/C10H10N6/c1-16-14-8-9(11)12-6-4-2-3-5-7(6)13-10(8)15-16/h2-5,11,14-15H,1H3. The summed E-state index contributed by atoms with van der Waals surface area (Å²) >= 11 is 0. The summed E-state index contributed by atoms with van der Waals surface area (Å²) in [4.78, 5) is 8.65. The van der Waals surface area contributed by atoms with Gasteiger partial charge >= 0.3 is 0 Å². The molecule has 0 radical (unpaired) electrons. The minimum atomic E-state index is 0.181. The average Bonchev–Trinajstić information content (AvgIpc) is 2.57. The fraction of sp³-hybridized carbons (Fsp3) is 0.100. The molecule has 1 aromatic heterocycles. The Bertz CT molecular complexity index is 623. The first kappa shape index (κ1) is 9.05. The van der Waals surface area contributed by atoms with Gasteiger partial charge in [0.1, 0.15) is 5.69 Å². The zero-order chi connectivity index (χ0) is 11.1. The van der Waals surface area contributed by atoms with E-state index in [0.29, 0.717) is 17.0 Å². The van der Waals surface area contributed by atoms with E-state index < -0.39 is 0 Å². The molecule has 0 amide bonds. The normalized spacial score (nSPS) is 14.3. The van der Waals surface area contributed by atoms with Crippen LogP contribution in [0.15, 0.2) is 24.3 Å². The molecule has 16 heavy (non-hydrogen) atoms. The third-order valence-electron chi connectivity index (χ3n) is 2.37. The molecular formula is C10H10N6. The predicted molar refractivity (Wildman–Crippen MR) is 60.4 cm³/mol. The summed E-state index contributed by atoms with van der Waals surface area (Å²) in [6.45, 7) is 0. The van der Waals surface area contributed by atoms with Gasteiger partial charge in [-0.05, 0) is 12.1 Å². The number of para-hydroxylation sites is 2. The molecular weight excluding hydrogens is 204 g/mol. The van der Waals surface area contributed by atoms with Crippen LogP contribution >= 0.6 is 0 Å². The van der Waals surface area contributed by atoms with Crippen molar-refractivity contribution in [2.75, 3.05) is 17.9 Å². The number of benzene rings is 1. The smallest absolute Gasteiger partial charge is 0.174 e. The number of hydrogen-bond acceptors (Lipinski definition) is 6. The first-order chi connectivity index (χ1) is 7.74. The van der Waals surface area contributed by atoms with Crippen LogP contribution in [-0.2, 0) is 0 Å². The summed E-state index contributed by atoms with van der Waals surface area (Å²) in [6.07, 6.45) is 0. The highest BCUT2D eigenvalue weighted by atomic mass is 15.8. The Morgan fingerprint density at radius 2 is 1.81 bits per heavy atom. The first-order valence-corrected chi connectivity index (χ1v) is 4.87. The summed E-state index contributed by atoms with van der Waals surface area (Å²) in [7, 11) is 1.81. The molecule has 0 unspecified atom stereocenters. The lowest BCUT2D eigenvalue weighted by Gasteiger charge is -2.07. The van der Waals surface area contributed by atoms with Crippen LogP contribution in [0.1, 0.15) is 0 Å². The van der Waals surface area contributed by atoms with Crippen molar-refractivity contribution in [3.8, 4) is 0 Å². The zero-order valence-electron chi connectivity index (χ0n) is 8.65. The predicted octanol–water partition coefficient (Wildman–Crippen LogP) is 0.708. The minimum Gasteiger partial charge on any atom is -0.295 e. The van der Waals surface area contributed by atoms with E-state index in [9.17, 15) is 0 Å². The van der Waals surface area contributed by atoms with Gasteiger partial charge in [0.25, 0.3) is 0 Å². The SMILES string of the molecule is CN1Nc2nc3ccccc3nc(=N)c2N1. The molecule has 0 fully saturated rings. The van der Waals surface area contributed by atoms with E-state index in [2.05, 4.69) is 20.8 Å². The van der Waals surface area contributed by atoms with Crippen molar-refractivity contribution in [3.05, 3.63) is 29.8 Å². The van der Waals surface area contributed by atoms with Crippen LogP contribution < -0.4 is 16.3 Å². The van der Waals surface area contributed by atoms with Crippen LogP contribution in [-0.4, -0.2) is 22.1 Å². The molecule has 2 aromatic rings. The lowest BCUT2D eigenvalue weighted by Crippen LogP contribution is -2.25. The summed E-state index contributed by atoms with van der Waals surface area (Å²) in [6, 6.07) is 7.51. The van der Waals surface area contributed by atoms with Gasteiger partial charge in [-0.3, -0.25) is 16.3 Å². The third-order valence-corrected chi connectivity index (χ3v) is 2.37. The molecule has 2 heterocycles. The van der Waals surface area contributed by atoms with Gasteiger partial charge < -0.3 is 0 Å². The largest absolute Gasteiger partial charge is 0.295 e. The van der Waals surface area contributed by atoms with Gasteiger partial charge in [0.05, 0.1) is 11.0 Å². The van der Waals surface area contributed by atoms with E-state index in [4.69, 9.17) is 5.41 Å². The molecule has 3 rings (SSSR count). The van der Waals surface area contributed by atoms with Crippen molar-refractivity contribution >= 4 is 22.5 Å². The van der Waals surface area contributed by atoms with E-state index in [0.717, 1.165) is 5.52 Å². The van der Waals surface area contributed by atoms with E-state index >= 15 is 0 Å². The lowest BCUT2D eigenvalue weighted by molar-refractivity contribution is 0.504. The molecule has 0 saturated carbocycles. The third kappa shape index (κ3) is 1.28. The van der Waals surface area contributed by atoms with Crippen LogP contribution in [0, 0.1) is 5.41 Å². The second-order valence-electron chi connectivity index (χ2n) is 3.57. The summed E-state index contributed by atoms with van der Waals surface area (Å²) in [5, 5.41) is 9.51. The van der Waals surface area contributed by atoms with Crippen LogP contribution in [0.4, 0.5) is 11.5 Å². The van der Waals surface area contributed by atoms with E-state index in [1.807, 2.05) is 31.3 Å². The Hall–Kier alpha value is -2.21. The molecule has 0 atom stereocenters. The Morgan fingerprint density at radius 1 is 1.12 bits per heavy atom. The van der Waals surface area contributed by atoms with Gasteiger partial charge in [0.15, 0.2) is 11.3 Å². The van der Waals surface area contributed by atoms with Crippen LogP contribution in [0.3, 0.4) is 0 Å². The van der Waals surface area contributed by atoms with Crippen molar-refractivity contribution in [1.82, 2.24) is 15.1 Å². The number of nitrogens with one attached hydrogen (secondary N) is 3. The van der Waals surface area contributed by atoms with Crippen LogP contribution in [0.25, 0.3) is 11.0 Å².